The van der Waals surface area contributed by atoms with Crippen LogP contribution in [0.1, 0.15) is 40.0 Å². The summed E-state index contributed by atoms with van der Waals surface area (Å²) in [4.78, 5) is 11.2. The summed E-state index contributed by atoms with van der Waals surface area (Å²) in [5, 5.41) is 0. The van der Waals surface area contributed by atoms with E-state index >= 15 is 0 Å². The van der Waals surface area contributed by atoms with E-state index in [1.807, 2.05) is 6.92 Å². The first-order chi connectivity index (χ1) is 5.79. The molecular weight excluding hydrogens is 184 g/mol. The second kappa shape index (κ2) is 2.25. The minimum atomic E-state index is -0.488. The maximum absolute atomic E-state index is 11.7. The van der Waals surface area contributed by atoms with Crippen LogP contribution in [0.4, 0.5) is 0 Å². The first-order valence-corrected chi connectivity index (χ1v) is 5.20. The van der Waals surface area contributed by atoms with Crippen LogP contribution in [-0.2, 0) is 9.53 Å². The zero-order valence-electron chi connectivity index (χ0n) is 8.39. The monoisotopic (exact) mass is 200 g/mol. The quantitative estimate of drug-likeness (QED) is 0.480. The minimum Gasteiger partial charge on any atom is -0.448 e. The molecule has 74 valence electrons. The Morgan fingerprint density at radius 2 is 1.92 bits per heavy atom. The molecule has 13 heavy (non-hydrogen) atoms. The summed E-state index contributed by atoms with van der Waals surface area (Å²) in [5.74, 6) is -0.0648. The Balaban J connectivity index is 2.44. The van der Waals surface area contributed by atoms with Crippen LogP contribution in [0.15, 0.2) is 0 Å². The average molecular weight is 200 g/mol. The van der Waals surface area contributed by atoms with Gasteiger partial charge in [-0.05, 0) is 25.2 Å². The van der Waals surface area contributed by atoms with Crippen LogP contribution in [0.2, 0.25) is 0 Å². The standard InChI is InChI=1S/C10H16O2S/c1-8(2)6-10(13)5-4-9(8,3)7(11)12-10/h13H,4-6H2,1-3H3. The maximum Gasteiger partial charge on any atom is 0.313 e. The Kier molecular flexibility index (Phi) is 1.62. The number of fused-ring (bicyclic) bond motifs is 3. The molecule has 0 radical (unpaired) electrons. The Bertz CT molecular complexity index is 274. The van der Waals surface area contributed by atoms with Crippen molar-refractivity contribution in [1.29, 1.82) is 0 Å². The van der Waals surface area contributed by atoms with Gasteiger partial charge in [0, 0.05) is 6.42 Å². The molecule has 2 atom stereocenters. The van der Waals surface area contributed by atoms with E-state index in [0.717, 1.165) is 19.3 Å². The van der Waals surface area contributed by atoms with Gasteiger partial charge in [-0.25, -0.2) is 0 Å². The summed E-state index contributed by atoms with van der Waals surface area (Å²) in [7, 11) is 0. The van der Waals surface area contributed by atoms with Crippen LogP contribution in [0.25, 0.3) is 0 Å². The molecule has 0 amide bonds. The smallest absolute Gasteiger partial charge is 0.313 e. The molecule has 2 bridgehead atoms. The van der Waals surface area contributed by atoms with Gasteiger partial charge in [-0.1, -0.05) is 13.8 Å². The molecule has 1 aliphatic carbocycles. The lowest BCUT2D eigenvalue weighted by Gasteiger charge is -2.57. The molecule has 2 unspecified atom stereocenters. The third kappa shape index (κ3) is 1.06. The van der Waals surface area contributed by atoms with E-state index in [-0.39, 0.29) is 16.8 Å². The molecule has 0 spiro atoms. The number of carbonyl (C=O) groups is 1. The predicted molar refractivity (Wildman–Crippen MR) is 53.5 cm³/mol. The van der Waals surface area contributed by atoms with Gasteiger partial charge in [0.15, 0.2) is 4.93 Å². The Labute approximate surface area is 84.4 Å². The summed E-state index contributed by atoms with van der Waals surface area (Å²) in [6.45, 7) is 6.29. The van der Waals surface area contributed by atoms with E-state index in [2.05, 4.69) is 26.5 Å². The number of thiol groups is 1. The Morgan fingerprint density at radius 1 is 1.31 bits per heavy atom. The Morgan fingerprint density at radius 3 is 2.38 bits per heavy atom. The van der Waals surface area contributed by atoms with Gasteiger partial charge in [0.2, 0.25) is 0 Å². The lowest BCUT2D eigenvalue weighted by atomic mass is 9.56. The number of carbonyl (C=O) groups excluding carboxylic acids is 1. The lowest BCUT2D eigenvalue weighted by Crippen LogP contribution is -2.59. The van der Waals surface area contributed by atoms with E-state index in [1.54, 1.807) is 0 Å². The van der Waals surface area contributed by atoms with E-state index < -0.39 is 4.93 Å². The number of ether oxygens (including phenoxy) is 1. The summed E-state index contributed by atoms with van der Waals surface area (Å²) in [6, 6.07) is 0. The first kappa shape index (κ1) is 9.38. The van der Waals surface area contributed by atoms with Crippen molar-refractivity contribution in [3.63, 3.8) is 0 Å². The van der Waals surface area contributed by atoms with Crippen molar-refractivity contribution in [1.82, 2.24) is 0 Å². The van der Waals surface area contributed by atoms with Crippen molar-refractivity contribution in [2.24, 2.45) is 10.8 Å². The molecule has 2 nitrogen and oxygen atoms in total. The summed E-state index contributed by atoms with van der Waals surface area (Å²) < 4.78 is 5.34. The van der Waals surface area contributed by atoms with Crippen LogP contribution < -0.4 is 0 Å². The van der Waals surface area contributed by atoms with Crippen LogP contribution in [-0.4, -0.2) is 10.9 Å². The van der Waals surface area contributed by atoms with Gasteiger partial charge in [-0.2, -0.15) is 0 Å². The third-order valence-corrected chi connectivity index (χ3v) is 4.43. The molecule has 0 N–H and O–H groups in total. The van der Waals surface area contributed by atoms with E-state index in [1.165, 1.54) is 0 Å². The van der Waals surface area contributed by atoms with E-state index in [4.69, 9.17) is 4.74 Å². The SMILES string of the molecule is CC1(C)CC2(S)CCC1(C)C(=O)O2. The molecule has 2 aliphatic heterocycles. The van der Waals surface area contributed by atoms with Gasteiger partial charge in [0.1, 0.15) is 0 Å². The fourth-order valence-electron chi connectivity index (χ4n) is 2.51. The van der Waals surface area contributed by atoms with Crippen molar-refractivity contribution >= 4 is 18.6 Å². The van der Waals surface area contributed by atoms with Gasteiger partial charge in [-0.3, -0.25) is 4.79 Å². The molecule has 3 fully saturated rings. The normalized spacial score (nSPS) is 47.5. The zero-order valence-corrected chi connectivity index (χ0v) is 9.28. The summed E-state index contributed by atoms with van der Waals surface area (Å²) >= 11 is 4.45. The number of esters is 1. The number of hydrogen-bond donors (Lipinski definition) is 1. The molecule has 3 rings (SSSR count). The highest BCUT2D eigenvalue weighted by atomic mass is 32.1. The van der Waals surface area contributed by atoms with Gasteiger partial charge >= 0.3 is 5.97 Å². The molecular formula is C10H16O2S. The highest BCUT2D eigenvalue weighted by Crippen LogP contribution is 2.60. The van der Waals surface area contributed by atoms with E-state index in [9.17, 15) is 4.79 Å². The van der Waals surface area contributed by atoms with Crippen molar-refractivity contribution < 1.29 is 9.53 Å². The highest BCUT2D eigenvalue weighted by Gasteiger charge is 2.61. The van der Waals surface area contributed by atoms with Crippen LogP contribution in [0.5, 0.6) is 0 Å². The molecule has 0 aromatic heterocycles. The minimum absolute atomic E-state index is 0.0162. The largest absolute Gasteiger partial charge is 0.448 e. The van der Waals surface area contributed by atoms with Crippen LogP contribution in [0, 0.1) is 10.8 Å². The molecule has 3 heteroatoms. The highest BCUT2D eigenvalue weighted by molar-refractivity contribution is 7.81. The van der Waals surface area contributed by atoms with Crippen molar-refractivity contribution in [2.75, 3.05) is 0 Å². The lowest BCUT2D eigenvalue weighted by molar-refractivity contribution is -0.207. The fraction of sp³-hybridized carbons (Fsp3) is 0.900. The zero-order chi connectivity index (χ0) is 9.91. The molecule has 1 saturated carbocycles. The topological polar surface area (TPSA) is 26.3 Å². The molecule has 0 aromatic rings. The van der Waals surface area contributed by atoms with Gasteiger partial charge in [-0.15, -0.1) is 12.6 Å². The summed E-state index contributed by atoms with van der Waals surface area (Å²) in [5.41, 5.74) is -0.278. The second-order valence-electron chi connectivity index (χ2n) is 5.23. The fourth-order valence-corrected chi connectivity index (χ4v) is 3.10. The Hall–Kier alpha value is -0.180. The average Bonchev–Trinajstić information content (AvgIpc) is 1.93. The van der Waals surface area contributed by atoms with E-state index in [0.29, 0.717) is 0 Å². The second-order valence-corrected chi connectivity index (χ2v) is 6.04. The number of rotatable bonds is 0. The number of hydrogen-bond acceptors (Lipinski definition) is 3. The van der Waals surface area contributed by atoms with Crippen molar-refractivity contribution in [2.45, 2.75) is 45.0 Å². The van der Waals surface area contributed by atoms with Gasteiger partial charge in [0.25, 0.3) is 0 Å². The van der Waals surface area contributed by atoms with Gasteiger partial charge < -0.3 is 4.74 Å². The first-order valence-electron chi connectivity index (χ1n) is 4.75. The molecule has 0 aromatic carbocycles. The molecule has 3 aliphatic rings. The molecule has 2 heterocycles. The van der Waals surface area contributed by atoms with Crippen LogP contribution >= 0.6 is 12.6 Å². The van der Waals surface area contributed by atoms with Crippen molar-refractivity contribution in [3.8, 4) is 0 Å². The van der Waals surface area contributed by atoms with Crippen LogP contribution in [0.3, 0.4) is 0 Å². The predicted octanol–water partition coefficient (Wildman–Crippen LogP) is 2.39. The third-order valence-electron chi connectivity index (χ3n) is 3.96. The maximum atomic E-state index is 11.7. The van der Waals surface area contributed by atoms with Crippen molar-refractivity contribution in [3.05, 3.63) is 0 Å². The van der Waals surface area contributed by atoms with Gasteiger partial charge in [0.05, 0.1) is 5.41 Å². The summed E-state index contributed by atoms with van der Waals surface area (Å²) in [6.07, 6.45) is 2.66. The molecule has 2 saturated heterocycles.